The van der Waals surface area contributed by atoms with Gasteiger partial charge in [0.05, 0.1) is 5.25 Å². The van der Waals surface area contributed by atoms with Gasteiger partial charge in [-0.25, -0.2) is 4.39 Å². The van der Waals surface area contributed by atoms with Gasteiger partial charge in [0, 0.05) is 31.1 Å². The summed E-state index contributed by atoms with van der Waals surface area (Å²) in [6.07, 6.45) is 0.494. The summed E-state index contributed by atoms with van der Waals surface area (Å²) in [6, 6.07) is 6.66. The molecule has 1 fully saturated rings. The van der Waals surface area contributed by atoms with Crippen LogP contribution in [-0.2, 0) is 9.59 Å². The molecule has 0 spiro atoms. The summed E-state index contributed by atoms with van der Waals surface area (Å²) >= 11 is 1.46. The van der Waals surface area contributed by atoms with Crippen LogP contribution in [0.15, 0.2) is 24.3 Å². The van der Waals surface area contributed by atoms with Gasteiger partial charge in [-0.1, -0.05) is 32.0 Å². The van der Waals surface area contributed by atoms with Gasteiger partial charge in [0.15, 0.2) is 0 Å². The lowest BCUT2D eigenvalue weighted by Gasteiger charge is -2.31. The molecule has 26 heavy (non-hydrogen) atoms. The molecule has 0 radical (unpaired) electrons. The first kappa shape index (κ1) is 20.7. The molecule has 1 aromatic carbocycles. The van der Waals surface area contributed by atoms with Gasteiger partial charge in [0.2, 0.25) is 11.8 Å². The summed E-state index contributed by atoms with van der Waals surface area (Å²) in [7, 11) is 0. The second-order valence-corrected chi connectivity index (χ2v) is 8.89. The Morgan fingerprint density at radius 3 is 2.50 bits per heavy atom. The standard InChI is InChI=1S/C20H29FN2O2S/c1-13(2)12-18(24)22(14(3)4)10-11-23-19(25)15(5)26-20(23)16-8-6-7-9-17(16)21/h6-9,13-15,20H,10-12H2,1-5H3/t15-,20+/m0/s1. The first-order chi connectivity index (χ1) is 12.2. The fourth-order valence-electron chi connectivity index (χ4n) is 3.17. The van der Waals surface area contributed by atoms with E-state index in [1.54, 1.807) is 23.1 Å². The zero-order chi connectivity index (χ0) is 19.4. The Morgan fingerprint density at radius 2 is 1.92 bits per heavy atom. The van der Waals surface area contributed by atoms with Crippen molar-refractivity contribution in [1.29, 1.82) is 0 Å². The molecule has 0 aromatic heterocycles. The lowest BCUT2D eigenvalue weighted by atomic mass is 10.1. The average Bonchev–Trinajstić information content (AvgIpc) is 2.82. The van der Waals surface area contributed by atoms with Crippen molar-refractivity contribution < 1.29 is 14.0 Å². The fraction of sp³-hybridized carbons (Fsp3) is 0.600. The van der Waals surface area contributed by atoms with E-state index in [2.05, 4.69) is 0 Å². The number of benzene rings is 1. The first-order valence-corrected chi connectivity index (χ1v) is 10.2. The molecule has 1 aliphatic heterocycles. The van der Waals surface area contributed by atoms with Crippen LogP contribution in [-0.4, -0.2) is 46.0 Å². The highest BCUT2D eigenvalue weighted by atomic mass is 32.2. The first-order valence-electron chi connectivity index (χ1n) is 9.22. The van der Waals surface area contributed by atoms with E-state index in [1.165, 1.54) is 17.8 Å². The van der Waals surface area contributed by atoms with Gasteiger partial charge in [-0.05, 0) is 32.8 Å². The largest absolute Gasteiger partial charge is 0.338 e. The number of rotatable bonds is 7. The highest BCUT2D eigenvalue weighted by Gasteiger charge is 2.39. The van der Waals surface area contributed by atoms with Crippen LogP contribution >= 0.6 is 11.8 Å². The van der Waals surface area contributed by atoms with E-state index in [0.717, 1.165) is 0 Å². The molecular weight excluding hydrogens is 351 g/mol. The van der Waals surface area contributed by atoms with E-state index in [1.807, 2.05) is 39.5 Å². The Labute approximate surface area is 160 Å². The molecule has 2 atom stereocenters. The molecule has 0 bridgehead atoms. The van der Waals surface area contributed by atoms with Gasteiger partial charge >= 0.3 is 0 Å². The van der Waals surface area contributed by atoms with E-state index in [9.17, 15) is 14.0 Å². The van der Waals surface area contributed by atoms with Crippen molar-refractivity contribution in [2.75, 3.05) is 13.1 Å². The van der Waals surface area contributed by atoms with Gasteiger partial charge in [0.25, 0.3) is 0 Å². The third-order valence-electron chi connectivity index (χ3n) is 4.53. The highest BCUT2D eigenvalue weighted by molar-refractivity contribution is 8.01. The summed E-state index contributed by atoms with van der Waals surface area (Å²) in [5.41, 5.74) is 0.528. The van der Waals surface area contributed by atoms with E-state index < -0.39 is 0 Å². The molecular formula is C20H29FN2O2S. The Hall–Kier alpha value is -1.56. The zero-order valence-electron chi connectivity index (χ0n) is 16.2. The molecule has 144 valence electrons. The Balaban J connectivity index is 2.15. The molecule has 2 amide bonds. The number of carbonyl (C=O) groups is 2. The number of hydrogen-bond acceptors (Lipinski definition) is 3. The molecule has 0 aliphatic carbocycles. The maximum atomic E-state index is 14.3. The maximum absolute atomic E-state index is 14.3. The summed E-state index contributed by atoms with van der Waals surface area (Å²) in [6.45, 7) is 10.7. The van der Waals surface area contributed by atoms with E-state index >= 15 is 0 Å². The van der Waals surface area contributed by atoms with Gasteiger partial charge in [0.1, 0.15) is 11.2 Å². The predicted molar refractivity (Wildman–Crippen MR) is 104 cm³/mol. The number of carbonyl (C=O) groups excluding carboxylic acids is 2. The van der Waals surface area contributed by atoms with E-state index in [-0.39, 0.29) is 34.3 Å². The summed E-state index contributed by atoms with van der Waals surface area (Å²) < 4.78 is 14.3. The minimum atomic E-state index is -0.340. The predicted octanol–water partition coefficient (Wildman–Crippen LogP) is 4.07. The van der Waals surface area contributed by atoms with Gasteiger partial charge in [-0.2, -0.15) is 0 Å². The average molecular weight is 381 g/mol. The number of nitrogens with zero attached hydrogens (tertiary/aromatic N) is 2. The van der Waals surface area contributed by atoms with Crippen molar-refractivity contribution in [3.05, 3.63) is 35.6 Å². The van der Waals surface area contributed by atoms with Crippen LogP contribution < -0.4 is 0 Å². The minimum Gasteiger partial charge on any atom is -0.338 e. The summed E-state index contributed by atoms with van der Waals surface area (Å²) in [4.78, 5) is 28.7. The molecule has 1 heterocycles. The molecule has 1 aromatic rings. The molecule has 0 unspecified atom stereocenters. The van der Waals surface area contributed by atoms with Crippen LogP contribution in [0.4, 0.5) is 4.39 Å². The summed E-state index contributed by atoms with van der Waals surface area (Å²) in [5.74, 6) is 0.0977. The monoisotopic (exact) mass is 380 g/mol. The number of thioether (sulfide) groups is 1. The maximum Gasteiger partial charge on any atom is 0.236 e. The van der Waals surface area contributed by atoms with Gasteiger partial charge in [-0.15, -0.1) is 11.8 Å². The number of halogens is 1. The molecule has 2 rings (SSSR count). The SMILES string of the molecule is CC(C)CC(=O)N(CCN1C(=O)[C@H](C)S[C@@H]1c1ccccc1F)C(C)C. The molecule has 4 nitrogen and oxygen atoms in total. The zero-order valence-corrected chi connectivity index (χ0v) is 17.1. The minimum absolute atomic E-state index is 0.00303. The van der Waals surface area contributed by atoms with Crippen molar-refractivity contribution >= 4 is 23.6 Å². The van der Waals surface area contributed by atoms with Crippen molar-refractivity contribution in [3.63, 3.8) is 0 Å². The topological polar surface area (TPSA) is 40.6 Å². The highest BCUT2D eigenvalue weighted by Crippen LogP contribution is 2.43. The second kappa shape index (κ2) is 8.89. The van der Waals surface area contributed by atoms with Crippen LogP contribution in [0.1, 0.15) is 52.0 Å². The molecule has 6 heteroatoms. The van der Waals surface area contributed by atoms with E-state index in [4.69, 9.17) is 0 Å². The third-order valence-corrected chi connectivity index (χ3v) is 5.90. The van der Waals surface area contributed by atoms with Crippen LogP contribution in [0.25, 0.3) is 0 Å². The lowest BCUT2D eigenvalue weighted by Crippen LogP contribution is -2.44. The molecule has 0 saturated carbocycles. The molecule has 1 aliphatic rings. The quantitative estimate of drug-likeness (QED) is 0.716. The number of hydrogen-bond donors (Lipinski definition) is 0. The second-order valence-electron chi connectivity index (χ2n) is 7.46. The van der Waals surface area contributed by atoms with Crippen LogP contribution in [0.2, 0.25) is 0 Å². The number of amides is 2. The lowest BCUT2D eigenvalue weighted by molar-refractivity contribution is -0.136. The van der Waals surface area contributed by atoms with Crippen LogP contribution in [0.3, 0.4) is 0 Å². The Bertz CT molecular complexity index is 650. The van der Waals surface area contributed by atoms with Gasteiger partial charge < -0.3 is 9.80 Å². The summed E-state index contributed by atoms with van der Waals surface area (Å²) in [5, 5.41) is -0.550. The normalized spacial score (nSPS) is 20.3. The van der Waals surface area contributed by atoms with E-state index in [0.29, 0.717) is 31.0 Å². The molecule has 0 N–H and O–H groups in total. The van der Waals surface area contributed by atoms with Crippen molar-refractivity contribution in [2.45, 2.75) is 57.7 Å². The van der Waals surface area contributed by atoms with Crippen molar-refractivity contribution in [2.24, 2.45) is 5.92 Å². The third kappa shape index (κ3) is 4.78. The van der Waals surface area contributed by atoms with Gasteiger partial charge in [-0.3, -0.25) is 9.59 Å². The van der Waals surface area contributed by atoms with Crippen LogP contribution in [0, 0.1) is 11.7 Å². The Morgan fingerprint density at radius 1 is 1.27 bits per heavy atom. The fourth-order valence-corrected chi connectivity index (χ4v) is 4.50. The molecule has 1 saturated heterocycles. The van der Waals surface area contributed by atoms with Crippen LogP contribution in [0.5, 0.6) is 0 Å². The smallest absolute Gasteiger partial charge is 0.236 e. The van der Waals surface area contributed by atoms with Crippen molar-refractivity contribution in [1.82, 2.24) is 9.80 Å². The van der Waals surface area contributed by atoms with Crippen molar-refractivity contribution in [3.8, 4) is 0 Å². The Kier molecular flexibility index (Phi) is 7.09.